The van der Waals surface area contributed by atoms with Gasteiger partial charge in [0.25, 0.3) is 0 Å². The number of hydrogen-bond donors (Lipinski definition) is 0. The molecule has 1 rings (SSSR count). The van der Waals surface area contributed by atoms with Gasteiger partial charge in [-0.15, -0.1) is 0 Å². The number of allylic oxidation sites excluding steroid dienone is 6. The van der Waals surface area contributed by atoms with Crippen molar-refractivity contribution >= 4 is 16.1 Å². The van der Waals surface area contributed by atoms with E-state index in [0.717, 1.165) is 0 Å². The molecule has 76 valence electrons. The molecule has 0 amide bonds. The quantitative estimate of drug-likeness (QED) is 0.489. The zero-order valence-corrected chi connectivity index (χ0v) is 12.2. The summed E-state index contributed by atoms with van der Waals surface area (Å²) in [6.07, 6.45) is 10.3. The Hall–Kier alpha value is -0.436. The van der Waals surface area contributed by atoms with Gasteiger partial charge in [-0.1, -0.05) is 39.3 Å². The molecule has 0 radical (unpaired) electrons. The molecule has 0 N–H and O–H groups in total. The first kappa shape index (κ1) is 11.6. The lowest BCUT2D eigenvalue weighted by atomic mass is 10.3. The lowest BCUT2D eigenvalue weighted by molar-refractivity contribution is 1.51. The van der Waals surface area contributed by atoms with Crippen molar-refractivity contribution in [2.75, 3.05) is 0 Å². The second-order valence-electron chi connectivity index (χ2n) is 5.98. The van der Waals surface area contributed by atoms with Crippen molar-refractivity contribution in [2.45, 2.75) is 39.3 Å². The van der Waals surface area contributed by atoms with Crippen LogP contribution in [0.3, 0.4) is 0 Å². The van der Waals surface area contributed by atoms with Crippen molar-refractivity contribution < 1.29 is 0 Å². The summed E-state index contributed by atoms with van der Waals surface area (Å²) >= 11 is 0. The molecule has 1 aliphatic rings. The molecule has 0 aromatic heterocycles. The minimum Gasteiger partial charge on any atom is -0.0627 e. The van der Waals surface area contributed by atoms with Gasteiger partial charge in [0.15, 0.2) is 0 Å². The van der Waals surface area contributed by atoms with Crippen LogP contribution in [0.1, 0.15) is 0 Å². The van der Waals surface area contributed by atoms with Crippen LogP contribution in [-0.4, -0.2) is 16.1 Å². The Labute approximate surface area is 90.4 Å². The van der Waals surface area contributed by atoms with Crippen molar-refractivity contribution in [3.8, 4) is 0 Å². The Kier molecular flexibility index (Phi) is 3.00. The zero-order chi connectivity index (χ0) is 11.0. The third kappa shape index (κ3) is 2.78. The van der Waals surface area contributed by atoms with Gasteiger partial charge in [-0.2, -0.15) is 0 Å². The van der Waals surface area contributed by atoms with Crippen molar-refractivity contribution in [2.24, 2.45) is 0 Å². The Balaban J connectivity index is 3.03. The molecular weight excluding hydrogens is 200 g/mol. The van der Waals surface area contributed by atoms with E-state index in [4.69, 9.17) is 0 Å². The van der Waals surface area contributed by atoms with Crippen LogP contribution in [0.2, 0.25) is 39.3 Å². The third-order valence-electron chi connectivity index (χ3n) is 2.41. The Morgan fingerprint density at radius 3 is 1.93 bits per heavy atom. The molecule has 2 heteroatoms. The lowest BCUT2D eigenvalue weighted by Crippen LogP contribution is -2.28. The van der Waals surface area contributed by atoms with E-state index in [1.165, 1.54) is 10.4 Å². The van der Waals surface area contributed by atoms with Gasteiger partial charge in [0.05, 0.1) is 10.4 Å². The molecule has 14 heavy (non-hydrogen) atoms. The van der Waals surface area contributed by atoms with Gasteiger partial charge in [-0.3, -0.25) is 0 Å². The van der Waals surface area contributed by atoms with Crippen LogP contribution in [0.4, 0.5) is 0 Å². The molecule has 0 atom stereocenters. The van der Waals surface area contributed by atoms with E-state index in [9.17, 15) is 0 Å². The van der Waals surface area contributed by atoms with Crippen LogP contribution in [0.25, 0.3) is 0 Å². The average Bonchev–Trinajstić information content (AvgIpc) is 2.01. The van der Waals surface area contributed by atoms with Crippen molar-refractivity contribution in [1.82, 2.24) is 0 Å². The number of rotatable bonds is 2. The van der Waals surface area contributed by atoms with E-state index in [-0.39, 0.29) is 0 Å². The van der Waals surface area contributed by atoms with Crippen LogP contribution < -0.4 is 0 Å². The van der Waals surface area contributed by atoms with Crippen LogP contribution in [-0.2, 0) is 0 Å². The van der Waals surface area contributed by atoms with E-state index < -0.39 is 16.1 Å². The molecule has 1 aliphatic carbocycles. The topological polar surface area (TPSA) is 0 Å². The molecule has 0 aromatic rings. The maximum Gasteiger partial charge on any atom is 0.124 e. The summed E-state index contributed by atoms with van der Waals surface area (Å²) in [5.74, 6) is 0. The van der Waals surface area contributed by atoms with Gasteiger partial charge in [-0.25, -0.2) is 0 Å². The summed E-state index contributed by atoms with van der Waals surface area (Å²) in [4.78, 5) is 0. The Morgan fingerprint density at radius 2 is 1.50 bits per heavy atom. The highest BCUT2D eigenvalue weighted by Gasteiger charge is 2.31. The number of hydrogen-bond acceptors (Lipinski definition) is 0. The zero-order valence-electron chi connectivity index (χ0n) is 10.2. The fraction of sp³-hybridized carbons (Fsp3) is 0.500. The largest absolute Gasteiger partial charge is 0.124 e. The summed E-state index contributed by atoms with van der Waals surface area (Å²) in [7, 11) is -2.35. The van der Waals surface area contributed by atoms with E-state index >= 15 is 0 Å². The summed E-state index contributed by atoms with van der Waals surface area (Å²) in [5.41, 5.74) is 0. The second kappa shape index (κ2) is 3.61. The van der Waals surface area contributed by atoms with E-state index in [0.29, 0.717) is 0 Å². The lowest BCUT2D eigenvalue weighted by Gasteiger charge is -2.17. The maximum absolute atomic E-state index is 3.65. The molecule has 0 saturated carbocycles. The minimum atomic E-state index is -1.18. The van der Waals surface area contributed by atoms with E-state index in [1.807, 2.05) is 0 Å². The van der Waals surface area contributed by atoms with Crippen molar-refractivity contribution in [3.05, 3.63) is 34.7 Å². The normalized spacial score (nSPS) is 17.3. The molecule has 0 bridgehead atoms. The fourth-order valence-electron chi connectivity index (χ4n) is 1.34. The van der Waals surface area contributed by atoms with Gasteiger partial charge in [-0.05, 0) is 0 Å². The van der Waals surface area contributed by atoms with Gasteiger partial charge >= 0.3 is 0 Å². The minimum absolute atomic E-state index is 1.18. The molecule has 0 spiro atoms. The monoisotopic (exact) mass is 221 g/mol. The summed E-state index contributed by atoms with van der Waals surface area (Å²) in [6.45, 7) is 14.3. The van der Waals surface area contributed by atoms with Crippen molar-refractivity contribution in [1.29, 1.82) is 0 Å². The SMILES string of the molecule is C[Si](C)(C)C1=[C+]C([Si](C)(C)C)=CC=C1. The predicted octanol–water partition coefficient (Wildman–Crippen LogP) is 3.97. The van der Waals surface area contributed by atoms with Crippen LogP contribution in [0, 0.1) is 6.08 Å². The fourth-order valence-corrected chi connectivity index (χ4v) is 3.68. The maximum atomic E-state index is 3.65. The van der Waals surface area contributed by atoms with Gasteiger partial charge in [0.2, 0.25) is 0 Å². The summed E-state index contributed by atoms with van der Waals surface area (Å²) in [6, 6.07) is 0. The molecular formula is C12H21Si2+. The van der Waals surface area contributed by atoms with Crippen LogP contribution >= 0.6 is 0 Å². The van der Waals surface area contributed by atoms with Crippen LogP contribution in [0.5, 0.6) is 0 Å². The summed E-state index contributed by atoms with van der Waals surface area (Å²) < 4.78 is 0. The Morgan fingerprint density at radius 1 is 0.929 bits per heavy atom. The molecule has 0 nitrogen and oxygen atoms in total. The van der Waals surface area contributed by atoms with E-state index in [2.05, 4.69) is 63.6 Å². The first-order chi connectivity index (χ1) is 6.21. The highest BCUT2D eigenvalue weighted by molar-refractivity contribution is 6.85. The molecule has 0 aromatic carbocycles. The van der Waals surface area contributed by atoms with Crippen LogP contribution in [0.15, 0.2) is 28.6 Å². The molecule has 0 fully saturated rings. The molecule has 0 heterocycles. The molecule has 0 aliphatic heterocycles. The van der Waals surface area contributed by atoms with Gasteiger partial charge in [0.1, 0.15) is 16.1 Å². The first-order valence-corrected chi connectivity index (χ1v) is 12.2. The van der Waals surface area contributed by atoms with Gasteiger partial charge < -0.3 is 0 Å². The van der Waals surface area contributed by atoms with E-state index in [1.54, 1.807) is 0 Å². The summed E-state index contributed by atoms with van der Waals surface area (Å²) in [5, 5.41) is 2.94. The standard InChI is InChI=1S/C12H21Si2/c1-13(2,3)11-8-7-9-12(10-11)14(4,5)6/h7-9H,1-6H3/q+1. The highest BCUT2D eigenvalue weighted by atomic mass is 28.3. The Bertz CT molecular complexity index is 291. The van der Waals surface area contributed by atoms with Gasteiger partial charge in [0, 0.05) is 24.3 Å². The first-order valence-electron chi connectivity index (χ1n) is 5.24. The average molecular weight is 221 g/mol. The molecule has 0 saturated heterocycles. The predicted molar refractivity (Wildman–Crippen MR) is 70.7 cm³/mol. The third-order valence-corrected chi connectivity index (χ3v) is 6.23. The van der Waals surface area contributed by atoms with Crippen molar-refractivity contribution in [3.63, 3.8) is 0 Å². The second-order valence-corrected chi connectivity index (χ2v) is 16.1. The molecule has 0 unspecified atom stereocenters. The highest BCUT2D eigenvalue weighted by Crippen LogP contribution is 2.25. The smallest absolute Gasteiger partial charge is 0.0627 e.